The third-order valence-electron chi connectivity index (χ3n) is 5.66. The zero-order valence-corrected chi connectivity index (χ0v) is 19.4. The summed E-state index contributed by atoms with van der Waals surface area (Å²) in [6, 6.07) is 12.6. The second kappa shape index (κ2) is 9.58. The van der Waals surface area contributed by atoms with E-state index in [1.807, 2.05) is 6.92 Å². The maximum Gasteiger partial charge on any atom is 0.416 e. The highest BCUT2D eigenvalue weighted by molar-refractivity contribution is 6.40. The SMILES string of the molecule is CCc1ccc(C(=O)COC(=O)c2ccc3c(c2)C(=O)N(c2cc(C(F)(F)F)ccc2Cl)C3=O)cc1. The summed E-state index contributed by atoms with van der Waals surface area (Å²) < 4.78 is 44.5. The van der Waals surface area contributed by atoms with Crippen molar-refractivity contribution in [3.8, 4) is 0 Å². The molecule has 10 heteroatoms. The van der Waals surface area contributed by atoms with Crippen LogP contribution in [0.5, 0.6) is 0 Å². The molecule has 0 bridgehead atoms. The van der Waals surface area contributed by atoms with E-state index >= 15 is 0 Å². The lowest BCUT2D eigenvalue weighted by atomic mass is 10.1. The van der Waals surface area contributed by atoms with E-state index in [1.54, 1.807) is 24.3 Å². The van der Waals surface area contributed by atoms with Gasteiger partial charge >= 0.3 is 12.1 Å². The zero-order valence-electron chi connectivity index (χ0n) is 18.7. The lowest BCUT2D eigenvalue weighted by Crippen LogP contribution is -2.30. The third kappa shape index (κ3) is 4.74. The number of anilines is 1. The number of alkyl halides is 3. The Balaban J connectivity index is 1.53. The first kappa shape index (κ1) is 25.1. The molecular weight excluding hydrogens is 499 g/mol. The molecule has 0 aromatic heterocycles. The minimum absolute atomic E-state index is 0.110. The van der Waals surface area contributed by atoms with E-state index in [-0.39, 0.29) is 21.7 Å². The smallest absolute Gasteiger partial charge is 0.416 e. The number of nitrogens with zero attached hydrogens (tertiary/aromatic N) is 1. The molecule has 0 unspecified atom stereocenters. The minimum atomic E-state index is -4.72. The van der Waals surface area contributed by atoms with Crippen LogP contribution in [0.15, 0.2) is 60.7 Å². The van der Waals surface area contributed by atoms with Crippen molar-refractivity contribution in [1.82, 2.24) is 0 Å². The highest BCUT2D eigenvalue weighted by Gasteiger charge is 2.40. The van der Waals surface area contributed by atoms with Gasteiger partial charge in [-0.05, 0) is 48.4 Å². The van der Waals surface area contributed by atoms with Gasteiger partial charge in [0.05, 0.1) is 33.0 Å². The molecule has 6 nitrogen and oxygen atoms in total. The fourth-order valence-corrected chi connectivity index (χ4v) is 3.87. The van der Waals surface area contributed by atoms with Crippen molar-refractivity contribution in [1.29, 1.82) is 0 Å². The monoisotopic (exact) mass is 515 g/mol. The van der Waals surface area contributed by atoms with E-state index in [0.29, 0.717) is 16.5 Å². The van der Waals surface area contributed by atoms with E-state index in [4.69, 9.17) is 16.3 Å². The van der Waals surface area contributed by atoms with Gasteiger partial charge in [0.25, 0.3) is 11.8 Å². The maximum absolute atomic E-state index is 13.2. The first-order valence-electron chi connectivity index (χ1n) is 10.7. The lowest BCUT2D eigenvalue weighted by Gasteiger charge is -2.17. The van der Waals surface area contributed by atoms with Gasteiger partial charge < -0.3 is 4.74 Å². The molecule has 0 atom stereocenters. The second-order valence-corrected chi connectivity index (χ2v) is 8.33. The number of ketones is 1. The van der Waals surface area contributed by atoms with Gasteiger partial charge in [-0.1, -0.05) is 42.8 Å². The number of aryl methyl sites for hydroxylation is 1. The topological polar surface area (TPSA) is 80.8 Å². The maximum atomic E-state index is 13.2. The highest BCUT2D eigenvalue weighted by Crippen LogP contribution is 2.38. The van der Waals surface area contributed by atoms with Gasteiger partial charge in [0.15, 0.2) is 12.4 Å². The Bertz CT molecular complexity index is 1400. The van der Waals surface area contributed by atoms with E-state index in [9.17, 15) is 32.3 Å². The zero-order chi connectivity index (χ0) is 26.2. The number of carbonyl (C=O) groups excluding carboxylic acids is 4. The number of benzene rings is 3. The van der Waals surface area contributed by atoms with Crippen molar-refractivity contribution in [2.24, 2.45) is 0 Å². The quantitative estimate of drug-likeness (QED) is 0.237. The average molecular weight is 516 g/mol. The van der Waals surface area contributed by atoms with Crippen molar-refractivity contribution in [2.75, 3.05) is 11.5 Å². The molecular formula is C26H17ClF3NO5. The number of hydrogen-bond donors (Lipinski definition) is 0. The third-order valence-corrected chi connectivity index (χ3v) is 5.97. The standard InChI is InChI=1S/C26H17ClF3NO5/c1-2-14-3-5-15(6-4-14)22(32)13-36-25(35)16-7-9-18-19(11-16)24(34)31(23(18)33)21-12-17(26(28,29)30)8-10-20(21)27/h3-12H,2,13H2,1H3. The lowest BCUT2D eigenvalue weighted by molar-refractivity contribution is -0.137. The van der Waals surface area contributed by atoms with Crippen LogP contribution in [0.25, 0.3) is 0 Å². The van der Waals surface area contributed by atoms with E-state index in [0.717, 1.165) is 30.2 Å². The number of esters is 1. The van der Waals surface area contributed by atoms with Crippen LogP contribution in [0, 0.1) is 0 Å². The van der Waals surface area contributed by atoms with Crippen LogP contribution in [-0.2, 0) is 17.3 Å². The van der Waals surface area contributed by atoms with Gasteiger partial charge in [-0.25, -0.2) is 9.69 Å². The second-order valence-electron chi connectivity index (χ2n) is 7.92. The van der Waals surface area contributed by atoms with Crippen LogP contribution in [0.3, 0.4) is 0 Å². The normalized spacial score (nSPS) is 13.1. The number of Topliss-reactive ketones (excluding diaryl/α,β-unsaturated/α-hetero) is 1. The van der Waals surface area contributed by atoms with Crippen LogP contribution in [0.4, 0.5) is 18.9 Å². The van der Waals surface area contributed by atoms with Crippen LogP contribution >= 0.6 is 11.6 Å². The number of fused-ring (bicyclic) bond motifs is 1. The molecule has 0 saturated heterocycles. The van der Waals surface area contributed by atoms with Gasteiger partial charge in [0.1, 0.15) is 0 Å². The first-order chi connectivity index (χ1) is 17.0. The molecule has 36 heavy (non-hydrogen) atoms. The van der Waals surface area contributed by atoms with Gasteiger partial charge in [0, 0.05) is 5.56 Å². The van der Waals surface area contributed by atoms with Crippen molar-refractivity contribution < 1.29 is 37.1 Å². The number of ether oxygens (including phenoxy) is 1. The number of imide groups is 1. The summed E-state index contributed by atoms with van der Waals surface area (Å²) >= 11 is 6.00. The number of rotatable bonds is 6. The van der Waals surface area contributed by atoms with E-state index < -0.39 is 47.6 Å². The number of carbonyl (C=O) groups is 4. The summed E-state index contributed by atoms with van der Waals surface area (Å²) in [7, 11) is 0. The van der Waals surface area contributed by atoms with Crippen molar-refractivity contribution in [2.45, 2.75) is 19.5 Å². The molecule has 1 aliphatic rings. The molecule has 0 spiro atoms. The molecule has 2 amide bonds. The summed E-state index contributed by atoms with van der Waals surface area (Å²) in [5, 5.41) is -0.234. The Morgan fingerprint density at radius 2 is 1.53 bits per heavy atom. The van der Waals surface area contributed by atoms with E-state index in [2.05, 4.69) is 0 Å². The van der Waals surface area contributed by atoms with Crippen molar-refractivity contribution >= 4 is 40.9 Å². The Morgan fingerprint density at radius 1 is 0.889 bits per heavy atom. The molecule has 0 N–H and O–H groups in total. The molecule has 4 rings (SSSR count). The Morgan fingerprint density at radius 3 is 2.17 bits per heavy atom. The van der Waals surface area contributed by atoms with Gasteiger partial charge in [0.2, 0.25) is 0 Å². The Labute approximate surface area is 208 Å². The molecule has 0 aliphatic carbocycles. The molecule has 1 aliphatic heterocycles. The molecule has 0 radical (unpaired) electrons. The predicted octanol–water partition coefficient (Wildman–Crippen LogP) is 5.76. The van der Waals surface area contributed by atoms with Crippen LogP contribution in [-0.4, -0.2) is 30.2 Å². The van der Waals surface area contributed by atoms with Gasteiger partial charge in [-0.3, -0.25) is 14.4 Å². The summed E-state index contributed by atoms with van der Waals surface area (Å²) in [6.45, 7) is 1.43. The number of hydrogen-bond acceptors (Lipinski definition) is 5. The van der Waals surface area contributed by atoms with Gasteiger partial charge in [-0.15, -0.1) is 0 Å². The number of halogens is 4. The average Bonchev–Trinajstić information content (AvgIpc) is 3.11. The van der Waals surface area contributed by atoms with Crippen LogP contribution in [0.2, 0.25) is 5.02 Å². The Kier molecular flexibility index (Phi) is 6.69. The van der Waals surface area contributed by atoms with Crippen molar-refractivity contribution in [3.05, 3.63) is 99.1 Å². The fraction of sp³-hybridized carbons (Fsp3) is 0.154. The first-order valence-corrected chi connectivity index (χ1v) is 11.1. The molecule has 0 fully saturated rings. The Hall–Kier alpha value is -3.98. The van der Waals surface area contributed by atoms with E-state index in [1.165, 1.54) is 12.1 Å². The minimum Gasteiger partial charge on any atom is -0.454 e. The highest BCUT2D eigenvalue weighted by atomic mass is 35.5. The molecule has 3 aromatic carbocycles. The fourth-order valence-electron chi connectivity index (χ4n) is 3.67. The molecule has 0 saturated carbocycles. The summed E-state index contributed by atoms with van der Waals surface area (Å²) in [4.78, 5) is 51.1. The summed E-state index contributed by atoms with van der Waals surface area (Å²) in [5.74, 6) is -3.17. The van der Waals surface area contributed by atoms with Crippen molar-refractivity contribution in [3.63, 3.8) is 0 Å². The summed E-state index contributed by atoms with van der Waals surface area (Å²) in [6.07, 6.45) is -3.91. The number of amides is 2. The van der Waals surface area contributed by atoms with Gasteiger partial charge in [-0.2, -0.15) is 13.2 Å². The van der Waals surface area contributed by atoms with Crippen LogP contribution in [0.1, 0.15) is 59.5 Å². The van der Waals surface area contributed by atoms with Crippen LogP contribution < -0.4 is 4.90 Å². The predicted molar refractivity (Wildman–Crippen MR) is 124 cm³/mol. The molecule has 184 valence electrons. The largest absolute Gasteiger partial charge is 0.454 e. The molecule has 1 heterocycles. The molecule has 3 aromatic rings. The summed E-state index contributed by atoms with van der Waals surface area (Å²) in [5.41, 5.74) is -0.537.